The van der Waals surface area contributed by atoms with Crippen LogP contribution in [0.3, 0.4) is 0 Å². The Morgan fingerprint density at radius 2 is 1.79 bits per heavy atom. The number of nitrogens with zero attached hydrogens (tertiary/aromatic N) is 4. The van der Waals surface area contributed by atoms with E-state index in [9.17, 15) is 9.18 Å². The molecule has 5 nitrogen and oxygen atoms in total. The van der Waals surface area contributed by atoms with E-state index in [0.29, 0.717) is 5.69 Å². The Morgan fingerprint density at radius 3 is 2.48 bits per heavy atom. The van der Waals surface area contributed by atoms with Crippen LogP contribution >= 0.6 is 0 Å². The lowest BCUT2D eigenvalue weighted by Gasteiger charge is -2.36. The van der Waals surface area contributed by atoms with Crippen molar-refractivity contribution in [3.8, 4) is 11.3 Å². The van der Waals surface area contributed by atoms with Gasteiger partial charge in [-0.15, -0.1) is 0 Å². The van der Waals surface area contributed by atoms with Crippen LogP contribution in [0.4, 0.5) is 9.18 Å². The van der Waals surface area contributed by atoms with Gasteiger partial charge in [-0.1, -0.05) is 30.3 Å². The minimum atomic E-state index is -0.289. The van der Waals surface area contributed by atoms with Crippen molar-refractivity contribution in [2.45, 2.75) is 25.4 Å². The van der Waals surface area contributed by atoms with E-state index in [0.717, 1.165) is 38.0 Å². The molecule has 1 aromatic heterocycles. The molecule has 29 heavy (non-hydrogen) atoms. The second-order valence-corrected chi connectivity index (χ2v) is 7.56. The first-order chi connectivity index (χ1) is 14.1. The van der Waals surface area contributed by atoms with Crippen molar-refractivity contribution < 1.29 is 9.18 Å². The summed E-state index contributed by atoms with van der Waals surface area (Å²) in [6.45, 7) is 2.90. The van der Waals surface area contributed by atoms with Crippen molar-refractivity contribution in [3.63, 3.8) is 0 Å². The number of piperidine rings is 1. The largest absolute Gasteiger partial charge is 0.329 e. The van der Waals surface area contributed by atoms with E-state index >= 15 is 0 Å². The molecule has 0 bridgehead atoms. The molecule has 0 saturated carbocycles. The summed E-state index contributed by atoms with van der Waals surface area (Å²) >= 11 is 0. The molecule has 6 heteroatoms. The number of carbonyl (C=O) groups is 1. The van der Waals surface area contributed by atoms with E-state index < -0.39 is 0 Å². The normalized spacial score (nSPS) is 15.4. The molecule has 0 aliphatic carbocycles. The average molecular weight is 392 g/mol. The summed E-state index contributed by atoms with van der Waals surface area (Å²) in [6.07, 6.45) is 5.14. The highest BCUT2D eigenvalue weighted by atomic mass is 19.1. The molecular formula is C23H25FN4O. The Morgan fingerprint density at radius 1 is 1.10 bits per heavy atom. The van der Waals surface area contributed by atoms with Gasteiger partial charge in [0, 0.05) is 44.5 Å². The van der Waals surface area contributed by atoms with Gasteiger partial charge in [-0.3, -0.25) is 9.47 Å². The van der Waals surface area contributed by atoms with Gasteiger partial charge in [-0.05, 0) is 42.7 Å². The Bertz CT molecular complexity index is 947. The third kappa shape index (κ3) is 4.54. The number of amides is 1. The lowest BCUT2D eigenvalue weighted by Crippen LogP contribution is -2.46. The first-order valence-corrected chi connectivity index (χ1v) is 9.93. The summed E-state index contributed by atoms with van der Waals surface area (Å²) in [5, 5.41) is 0. The van der Waals surface area contributed by atoms with Crippen molar-refractivity contribution in [1.82, 2.24) is 19.4 Å². The molecule has 0 radical (unpaired) electrons. The Labute approximate surface area is 170 Å². The summed E-state index contributed by atoms with van der Waals surface area (Å²) in [6, 6.07) is 16.7. The molecule has 0 N–H and O–H groups in total. The number of hydrogen-bond acceptors (Lipinski definition) is 3. The predicted octanol–water partition coefficient (Wildman–Crippen LogP) is 4.25. The fourth-order valence-electron chi connectivity index (χ4n) is 3.84. The highest BCUT2D eigenvalue weighted by Gasteiger charge is 2.26. The average Bonchev–Trinajstić information content (AvgIpc) is 3.25. The van der Waals surface area contributed by atoms with Crippen LogP contribution in [0.5, 0.6) is 0 Å². The number of aromatic nitrogens is 2. The Hall–Kier alpha value is -2.99. The van der Waals surface area contributed by atoms with Gasteiger partial charge in [0.2, 0.25) is 0 Å². The van der Waals surface area contributed by atoms with Crippen LogP contribution in [0.15, 0.2) is 67.1 Å². The molecule has 1 fully saturated rings. The smallest absolute Gasteiger partial charge is 0.324 e. The lowest BCUT2D eigenvalue weighted by atomic mass is 10.0. The van der Waals surface area contributed by atoms with Gasteiger partial charge in [0.15, 0.2) is 0 Å². The van der Waals surface area contributed by atoms with Gasteiger partial charge >= 0.3 is 6.03 Å². The Kier molecular flexibility index (Phi) is 5.71. The molecule has 0 unspecified atom stereocenters. The number of rotatable bonds is 4. The molecular weight excluding hydrogens is 367 g/mol. The molecule has 2 aromatic carbocycles. The predicted molar refractivity (Wildman–Crippen MR) is 111 cm³/mol. The van der Waals surface area contributed by atoms with Gasteiger partial charge in [0.25, 0.3) is 0 Å². The fraction of sp³-hybridized carbons (Fsp3) is 0.304. The summed E-state index contributed by atoms with van der Waals surface area (Å²) in [4.78, 5) is 21.5. The molecule has 0 spiro atoms. The molecule has 1 aliphatic rings. The van der Waals surface area contributed by atoms with Crippen molar-refractivity contribution in [2.24, 2.45) is 0 Å². The van der Waals surface area contributed by atoms with Crippen LogP contribution in [-0.4, -0.2) is 51.6 Å². The maximum atomic E-state index is 13.1. The van der Waals surface area contributed by atoms with Gasteiger partial charge in [-0.2, -0.15) is 0 Å². The van der Waals surface area contributed by atoms with Crippen molar-refractivity contribution in [2.75, 3.05) is 20.1 Å². The maximum Gasteiger partial charge on any atom is 0.329 e. The van der Waals surface area contributed by atoms with Gasteiger partial charge < -0.3 is 4.90 Å². The van der Waals surface area contributed by atoms with E-state index in [2.05, 4.69) is 34.1 Å². The first-order valence-electron chi connectivity index (χ1n) is 9.93. The molecule has 1 amide bonds. The van der Waals surface area contributed by atoms with Gasteiger partial charge in [0.05, 0.1) is 5.69 Å². The zero-order chi connectivity index (χ0) is 20.2. The zero-order valence-electron chi connectivity index (χ0n) is 16.5. The monoisotopic (exact) mass is 392 g/mol. The van der Waals surface area contributed by atoms with Crippen molar-refractivity contribution >= 4 is 6.03 Å². The number of imidazole rings is 1. The summed E-state index contributed by atoms with van der Waals surface area (Å²) in [5.74, 6) is -0.289. The van der Waals surface area contributed by atoms with Gasteiger partial charge in [0.1, 0.15) is 12.1 Å². The van der Waals surface area contributed by atoms with E-state index in [1.165, 1.54) is 28.6 Å². The number of benzene rings is 2. The topological polar surface area (TPSA) is 41.4 Å². The molecule has 2 heterocycles. The van der Waals surface area contributed by atoms with E-state index in [-0.39, 0.29) is 17.9 Å². The van der Waals surface area contributed by atoms with Crippen LogP contribution in [0.1, 0.15) is 18.4 Å². The first kappa shape index (κ1) is 19.3. The fourth-order valence-corrected chi connectivity index (χ4v) is 3.84. The standard InChI is InChI=1S/C23H25FN4O/c1-26(21-11-13-27(14-12-21)15-18-5-3-2-4-6-18)23(29)28-16-22(25-17-28)19-7-9-20(24)10-8-19/h2-10,16-17,21H,11-15H2,1H3. The number of hydrogen-bond donors (Lipinski definition) is 0. The minimum Gasteiger partial charge on any atom is -0.324 e. The molecule has 0 atom stereocenters. The minimum absolute atomic E-state index is 0.0904. The Balaban J connectivity index is 1.34. The third-order valence-electron chi connectivity index (χ3n) is 5.60. The van der Waals surface area contributed by atoms with Crippen LogP contribution in [-0.2, 0) is 6.54 Å². The third-order valence-corrected chi connectivity index (χ3v) is 5.60. The quantitative estimate of drug-likeness (QED) is 0.666. The van der Waals surface area contributed by atoms with Crippen LogP contribution in [0, 0.1) is 5.82 Å². The second kappa shape index (κ2) is 8.57. The zero-order valence-corrected chi connectivity index (χ0v) is 16.5. The lowest BCUT2D eigenvalue weighted by molar-refractivity contribution is 0.132. The molecule has 150 valence electrons. The highest BCUT2D eigenvalue weighted by Crippen LogP contribution is 2.20. The van der Waals surface area contributed by atoms with Crippen LogP contribution in [0.2, 0.25) is 0 Å². The molecule has 3 aromatic rings. The maximum absolute atomic E-state index is 13.1. The highest BCUT2D eigenvalue weighted by molar-refractivity contribution is 5.78. The van der Waals surface area contributed by atoms with Crippen molar-refractivity contribution in [3.05, 3.63) is 78.5 Å². The summed E-state index contributed by atoms with van der Waals surface area (Å²) < 4.78 is 14.6. The molecule has 4 rings (SSSR count). The SMILES string of the molecule is CN(C(=O)n1cnc(-c2ccc(F)cc2)c1)C1CCN(Cc2ccccc2)CC1. The summed E-state index contributed by atoms with van der Waals surface area (Å²) in [5.41, 5.74) is 2.77. The summed E-state index contributed by atoms with van der Waals surface area (Å²) in [7, 11) is 1.86. The van der Waals surface area contributed by atoms with Crippen LogP contribution < -0.4 is 0 Å². The van der Waals surface area contributed by atoms with Crippen molar-refractivity contribution in [1.29, 1.82) is 0 Å². The number of likely N-dealkylation sites (tertiary alicyclic amines) is 1. The van der Waals surface area contributed by atoms with Crippen LogP contribution in [0.25, 0.3) is 11.3 Å². The second-order valence-electron chi connectivity index (χ2n) is 7.56. The number of carbonyl (C=O) groups excluding carboxylic acids is 1. The van der Waals surface area contributed by atoms with E-state index in [1.54, 1.807) is 18.3 Å². The van der Waals surface area contributed by atoms with Gasteiger partial charge in [-0.25, -0.2) is 14.2 Å². The van der Waals surface area contributed by atoms with E-state index in [4.69, 9.17) is 0 Å². The molecule has 1 saturated heterocycles. The van der Waals surface area contributed by atoms with E-state index in [1.807, 2.05) is 18.0 Å². The molecule has 1 aliphatic heterocycles. The number of halogens is 1.